The van der Waals surface area contributed by atoms with Crippen molar-refractivity contribution in [1.82, 2.24) is 15.6 Å². The zero-order chi connectivity index (χ0) is 12.1. The van der Waals surface area contributed by atoms with Crippen molar-refractivity contribution in [3.05, 3.63) is 16.1 Å². The van der Waals surface area contributed by atoms with Crippen LogP contribution in [0.15, 0.2) is 5.38 Å². The molecular weight excluding hydrogens is 309 g/mol. The molecule has 110 valence electrons. The first kappa shape index (κ1) is 18.6. The van der Waals surface area contributed by atoms with Crippen molar-refractivity contribution in [2.45, 2.75) is 26.0 Å². The molecule has 0 saturated carbocycles. The number of aromatic nitrogens is 1. The fraction of sp³-hybridized carbons (Fsp3) is 0.636. The number of hydrogen-bond acceptors (Lipinski definition) is 5. The van der Waals surface area contributed by atoms with Crippen LogP contribution in [0.5, 0.6) is 0 Å². The van der Waals surface area contributed by atoms with E-state index in [1.807, 2.05) is 12.3 Å². The average molecular weight is 328 g/mol. The second-order valence-electron chi connectivity index (χ2n) is 4.06. The van der Waals surface area contributed by atoms with Crippen molar-refractivity contribution in [1.29, 1.82) is 0 Å². The number of rotatable bonds is 4. The van der Waals surface area contributed by atoms with Gasteiger partial charge in [-0.3, -0.25) is 4.79 Å². The number of carbonyl (C=O) groups excluding carboxylic acids is 1. The normalized spacial score (nSPS) is 18.1. The lowest BCUT2D eigenvalue weighted by Crippen LogP contribution is -2.41. The predicted octanol–water partition coefficient (Wildman–Crippen LogP) is 1.29. The third kappa shape index (κ3) is 6.54. The van der Waals surface area contributed by atoms with Gasteiger partial charge in [0.2, 0.25) is 5.91 Å². The van der Waals surface area contributed by atoms with Gasteiger partial charge in [0, 0.05) is 24.2 Å². The van der Waals surface area contributed by atoms with E-state index < -0.39 is 0 Å². The summed E-state index contributed by atoms with van der Waals surface area (Å²) in [5.74, 6) is 0.0200. The van der Waals surface area contributed by atoms with Crippen LogP contribution in [0, 0.1) is 6.92 Å². The number of nitrogens with one attached hydrogen (secondary N) is 2. The number of carbonyl (C=O) groups is 1. The molecule has 1 aromatic heterocycles. The Morgan fingerprint density at radius 1 is 1.63 bits per heavy atom. The number of thiazole rings is 1. The van der Waals surface area contributed by atoms with Crippen LogP contribution in [-0.2, 0) is 16.1 Å². The molecule has 2 rings (SSSR count). The van der Waals surface area contributed by atoms with E-state index in [0.29, 0.717) is 19.6 Å². The number of halogens is 2. The molecule has 8 heteroatoms. The SMILES string of the molecule is Cc1csc(CNC(=O)CC2CNCCO2)n1.Cl.Cl. The first-order valence-corrected chi connectivity index (χ1v) is 6.62. The van der Waals surface area contributed by atoms with Gasteiger partial charge in [-0.05, 0) is 6.92 Å². The molecule has 0 aromatic carbocycles. The predicted molar refractivity (Wildman–Crippen MR) is 80.4 cm³/mol. The van der Waals surface area contributed by atoms with Gasteiger partial charge in [0.25, 0.3) is 0 Å². The first-order chi connectivity index (χ1) is 8.24. The Balaban J connectivity index is 0.00000162. The van der Waals surface area contributed by atoms with E-state index in [2.05, 4.69) is 15.6 Å². The summed E-state index contributed by atoms with van der Waals surface area (Å²) in [6.07, 6.45) is 0.416. The third-order valence-corrected chi connectivity index (χ3v) is 3.49. The van der Waals surface area contributed by atoms with E-state index in [4.69, 9.17) is 4.74 Å². The molecule has 5 nitrogen and oxygen atoms in total. The fourth-order valence-electron chi connectivity index (χ4n) is 1.69. The van der Waals surface area contributed by atoms with Gasteiger partial charge in [-0.25, -0.2) is 4.98 Å². The molecule has 0 radical (unpaired) electrons. The number of ether oxygens (including phenoxy) is 1. The largest absolute Gasteiger partial charge is 0.375 e. The fourth-order valence-corrected chi connectivity index (χ4v) is 2.40. The standard InChI is InChI=1S/C11H17N3O2S.2ClH/c1-8-7-17-11(14-8)6-13-10(15)4-9-5-12-2-3-16-9;;/h7,9,12H,2-6H2,1H3,(H,13,15);2*1H. The molecule has 2 N–H and O–H groups in total. The van der Waals surface area contributed by atoms with E-state index in [-0.39, 0.29) is 36.8 Å². The Morgan fingerprint density at radius 3 is 3.00 bits per heavy atom. The van der Waals surface area contributed by atoms with Gasteiger partial charge in [-0.1, -0.05) is 0 Å². The van der Waals surface area contributed by atoms with Crippen LogP contribution < -0.4 is 10.6 Å². The van der Waals surface area contributed by atoms with Gasteiger partial charge in [0.15, 0.2) is 0 Å². The minimum Gasteiger partial charge on any atom is -0.375 e. The zero-order valence-electron chi connectivity index (χ0n) is 10.7. The molecule has 0 aliphatic carbocycles. The smallest absolute Gasteiger partial charge is 0.223 e. The van der Waals surface area contributed by atoms with E-state index in [0.717, 1.165) is 23.8 Å². The zero-order valence-corrected chi connectivity index (χ0v) is 13.1. The molecule has 0 bridgehead atoms. The summed E-state index contributed by atoms with van der Waals surface area (Å²) in [5.41, 5.74) is 0.999. The molecule has 1 aromatic rings. The summed E-state index contributed by atoms with van der Waals surface area (Å²) < 4.78 is 5.47. The highest BCUT2D eigenvalue weighted by molar-refractivity contribution is 7.09. The van der Waals surface area contributed by atoms with E-state index in [9.17, 15) is 4.79 Å². The van der Waals surface area contributed by atoms with Crippen molar-refractivity contribution in [3.8, 4) is 0 Å². The first-order valence-electron chi connectivity index (χ1n) is 5.74. The maximum atomic E-state index is 11.6. The van der Waals surface area contributed by atoms with Gasteiger partial charge in [0.05, 0.1) is 25.7 Å². The van der Waals surface area contributed by atoms with Crippen molar-refractivity contribution in [2.75, 3.05) is 19.7 Å². The van der Waals surface area contributed by atoms with E-state index in [1.165, 1.54) is 0 Å². The van der Waals surface area contributed by atoms with Crippen molar-refractivity contribution in [3.63, 3.8) is 0 Å². The molecule has 1 atom stereocenters. The number of aryl methyl sites for hydroxylation is 1. The quantitative estimate of drug-likeness (QED) is 0.874. The van der Waals surface area contributed by atoms with Crippen LogP contribution in [0.25, 0.3) is 0 Å². The topological polar surface area (TPSA) is 63.2 Å². The average Bonchev–Trinajstić information content (AvgIpc) is 2.74. The Hall–Kier alpha value is -0.400. The Labute approximate surface area is 129 Å². The molecule has 1 fully saturated rings. The number of amides is 1. The van der Waals surface area contributed by atoms with Gasteiger partial charge in [0.1, 0.15) is 5.01 Å². The Kier molecular flexibility index (Phi) is 9.30. The monoisotopic (exact) mass is 327 g/mol. The maximum absolute atomic E-state index is 11.6. The number of hydrogen-bond donors (Lipinski definition) is 2. The molecule has 0 spiro atoms. The second-order valence-corrected chi connectivity index (χ2v) is 5.00. The summed E-state index contributed by atoms with van der Waals surface area (Å²) in [4.78, 5) is 15.9. The molecular formula is C11H19Cl2N3O2S. The minimum atomic E-state index is 0. The van der Waals surface area contributed by atoms with Gasteiger partial charge < -0.3 is 15.4 Å². The van der Waals surface area contributed by atoms with Crippen LogP contribution in [0.4, 0.5) is 0 Å². The highest BCUT2D eigenvalue weighted by atomic mass is 35.5. The van der Waals surface area contributed by atoms with Gasteiger partial charge in [-0.15, -0.1) is 36.2 Å². The number of morpholine rings is 1. The summed E-state index contributed by atoms with van der Waals surface area (Å²) in [7, 11) is 0. The highest BCUT2D eigenvalue weighted by Gasteiger charge is 2.17. The molecule has 1 saturated heterocycles. The summed E-state index contributed by atoms with van der Waals surface area (Å²) in [6, 6.07) is 0. The van der Waals surface area contributed by atoms with Crippen LogP contribution in [0.3, 0.4) is 0 Å². The van der Waals surface area contributed by atoms with Crippen molar-refractivity contribution < 1.29 is 9.53 Å². The molecule has 1 aliphatic heterocycles. The van der Waals surface area contributed by atoms with E-state index >= 15 is 0 Å². The maximum Gasteiger partial charge on any atom is 0.223 e. The van der Waals surface area contributed by atoms with E-state index in [1.54, 1.807) is 11.3 Å². The lowest BCUT2D eigenvalue weighted by Gasteiger charge is -2.22. The highest BCUT2D eigenvalue weighted by Crippen LogP contribution is 2.08. The van der Waals surface area contributed by atoms with Gasteiger partial charge in [-0.2, -0.15) is 0 Å². The molecule has 1 aliphatic rings. The molecule has 1 unspecified atom stereocenters. The molecule has 2 heterocycles. The lowest BCUT2D eigenvalue weighted by molar-refractivity contribution is -0.124. The third-order valence-electron chi connectivity index (χ3n) is 2.52. The molecule has 1 amide bonds. The van der Waals surface area contributed by atoms with Crippen LogP contribution in [0.2, 0.25) is 0 Å². The van der Waals surface area contributed by atoms with Gasteiger partial charge >= 0.3 is 0 Å². The van der Waals surface area contributed by atoms with Crippen molar-refractivity contribution in [2.24, 2.45) is 0 Å². The summed E-state index contributed by atoms with van der Waals surface area (Å²) in [5, 5.41) is 8.99. The summed E-state index contributed by atoms with van der Waals surface area (Å²) in [6.45, 7) is 4.77. The van der Waals surface area contributed by atoms with Crippen LogP contribution in [-0.4, -0.2) is 36.7 Å². The molecule has 19 heavy (non-hydrogen) atoms. The van der Waals surface area contributed by atoms with Crippen LogP contribution in [0.1, 0.15) is 17.1 Å². The lowest BCUT2D eigenvalue weighted by atomic mass is 10.2. The van der Waals surface area contributed by atoms with Crippen molar-refractivity contribution >= 4 is 42.1 Å². The Morgan fingerprint density at radius 2 is 2.42 bits per heavy atom. The minimum absolute atomic E-state index is 0. The number of nitrogens with zero attached hydrogens (tertiary/aromatic N) is 1. The van der Waals surface area contributed by atoms with Crippen LogP contribution >= 0.6 is 36.2 Å². The second kappa shape index (κ2) is 9.50. The Bertz CT molecular complexity index is 384. The summed E-state index contributed by atoms with van der Waals surface area (Å²) >= 11 is 1.57.